The van der Waals surface area contributed by atoms with Crippen molar-refractivity contribution in [1.82, 2.24) is 14.7 Å². The Morgan fingerprint density at radius 1 is 1.35 bits per heavy atom. The third-order valence-corrected chi connectivity index (χ3v) is 4.23. The van der Waals surface area contributed by atoms with E-state index in [0.717, 1.165) is 36.4 Å². The predicted octanol–water partition coefficient (Wildman–Crippen LogP) is 2.26. The molecule has 6 heteroatoms. The molecule has 0 saturated carbocycles. The van der Waals surface area contributed by atoms with Gasteiger partial charge in [0.2, 0.25) is 5.91 Å². The minimum atomic E-state index is 0.0168. The fourth-order valence-corrected chi connectivity index (χ4v) is 3.11. The van der Waals surface area contributed by atoms with Crippen molar-refractivity contribution in [3.05, 3.63) is 42.2 Å². The normalized spacial score (nSPS) is 17.3. The summed E-state index contributed by atoms with van der Waals surface area (Å²) in [4.78, 5) is 14.6. The van der Waals surface area contributed by atoms with Crippen molar-refractivity contribution in [2.24, 2.45) is 0 Å². The fourth-order valence-electron chi connectivity index (χ4n) is 3.11. The van der Waals surface area contributed by atoms with E-state index in [2.05, 4.69) is 5.10 Å². The third kappa shape index (κ3) is 3.16. The lowest BCUT2D eigenvalue weighted by molar-refractivity contribution is -0.133. The van der Waals surface area contributed by atoms with Crippen LogP contribution in [0.25, 0.3) is 0 Å². The van der Waals surface area contributed by atoms with E-state index in [4.69, 9.17) is 9.47 Å². The van der Waals surface area contributed by atoms with E-state index in [1.54, 1.807) is 31.3 Å². The summed E-state index contributed by atoms with van der Waals surface area (Å²) in [5, 5.41) is 4.11. The number of aromatic nitrogens is 2. The lowest BCUT2D eigenvalue weighted by Crippen LogP contribution is -2.33. The summed E-state index contributed by atoms with van der Waals surface area (Å²) >= 11 is 0. The highest BCUT2D eigenvalue weighted by Gasteiger charge is 2.32. The summed E-state index contributed by atoms with van der Waals surface area (Å²) in [5.74, 6) is 1.63. The van der Waals surface area contributed by atoms with E-state index < -0.39 is 0 Å². The van der Waals surface area contributed by atoms with Crippen molar-refractivity contribution < 1.29 is 14.3 Å². The van der Waals surface area contributed by atoms with Gasteiger partial charge in [0.25, 0.3) is 0 Å². The Balaban J connectivity index is 1.85. The van der Waals surface area contributed by atoms with Gasteiger partial charge in [0.05, 0.1) is 20.3 Å². The van der Waals surface area contributed by atoms with Crippen LogP contribution in [0.5, 0.6) is 11.5 Å². The summed E-state index contributed by atoms with van der Waals surface area (Å²) in [6.45, 7) is 1.01. The molecular formula is C17H21N3O3. The highest BCUT2D eigenvalue weighted by Crippen LogP contribution is 2.38. The zero-order chi connectivity index (χ0) is 16.2. The lowest BCUT2D eigenvalue weighted by atomic mass is 10.0. The first-order chi connectivity index (χ1) is 11.2. The van der Waals surface area contributed by atoms with Crippen LogP contribution in [0.15, 0.2) is 36.7 Å². The Hall–Kier alpha value is -2.50. The molecule has 1 aliphatic heterocycles. The zero-order valence-corrected chi connectivity index (χ0v) is 13.4. The van der Waals surface area contributed by atoms with Gasteiger partial charge >= 0.3 is 0 Å². The van der Waals surface area contributed by atoms with Crippen LogP contribution in [0.2, 0.25) is 0 Å². The highest BCUT2D eigenvalue weighted by atomic mass is 16.5. The smallest absolute Gasteiger partial charge is 0.244 e. The van der Waals surface area contributed by atoms with Crippen LogP contribution in [-0.2, 0) is 11.3 Å². The molecule has 23 heavy (non-hydrogen) atoms. The Morgan fingerprint density at radius 2 is 2.22 bits per heavy atom. The molecule has 0 radical (unpaired) electrons. The minimum Gasteiger partial charge on any atom is -0.497 e. The van der Waals surface area contributed by atoms with Gasteiger partial charge in [-0.15, -0.1) is 0 Å². The third-order valence-electron chi connectivity index (χ3n) is 4.23. The topological polar surface area (TPSA) is 56.6 Å². The van der Waals surface area contributed by atoms with Gasteiger partial charge in [-0.2, -0.15) is 5.10 Å². The SMILES string of the molecule is COc1ccc(OC)c([C@@H]2CCCN2C(=O)Cn2cccn2)c1. The molecule has 2 heterocycles. The van der Waals surface area contributed by atoms with Crippen molar-refractivity contribution in [2.45, 2.75) is 25.4 Å². The average molecular weight is 315 g/mol. The molecule has 122 valence electrons. The molecule has 3 rings (SSSR count). The predicted molar refractivity (Wildman–Crippen MR) is 85.5 cm³/mol. The van der Waals surface area contributed by atoms with Crippen LogP contribution in [-0.4, -0.2) is 41.4 Å². The van der Waals surface area contributed by atoms with E-state index in [0.29, 0.717) is 0 Å². The van der Waals surface area contributed by atoms with Crippen molar-refractivity contribution in [3.63, 3.8) is 0 Å². The van der Waals surface area contributed by atoms with Crippen LogP contribution in [0.4, 0.5) is 0 Å². The van der Waals surface area contributed by atoms with E-state index in [1.807, 2.05) is 29.2 Å². The minimum absolute atomic E-state index is 0.0168. The van der Waals surface area contributed by atoms with Gasteiger partial charge in [0.1, 0.15) is 18.0 Å². The Kier molecular flexibility index (Phi) is 4.50. The maximum Gasteiger partial charge on any atom is 0.244 e. The van der Waals surface area contributed by atoms with E-state index >= 15 is 0 Å². The van der Waals surface area contributed by atoms with Gasteiger partial charge in [-0.1, -0.05) is 0 Å². The second kappa shape index (κ2) is 6.73. The summed E-state index contributed by atoms with van der Waals surface area (Å²) < 4.78 is 12.5. The number of amides is 1. The quantitative estimate of drug-likeness (QED) is 0.849. The van der Waals surface area contributed by atoms with Crippen LogP contribution < -0.4 is 9.47 Å². The van der Waals surface area contributed by atoms with Crippen molar-refractivity contribution >= 4 is 5.91 Å². The molecule has 0 bridgehead atoms. The lowest BCUT2D eigenvalue weighted by Gasteiger charge is -2.26. The molecule has 1 fully saturated rings. The van der Waals surface area contributed by atoms with Crippen LogP contribution in [0.1, 0.15) is 24.4 Å². The highest BCUT2D eigenvalue weighted by molar-refractivity contribution is 5.77. The molecule has 1 amide bonds. The standard InChI is InChI=1S/C17H21N3O3/c1-22-13-6-7-16(23-2)14(11-13)15-5-3-10-20(15)17(21)12-19-9-4-8-18-19/h4,6-9,11,15H,3,5,10,12H2,1-2H3/t15-/m0/s1. The molecule has 1 aliphatic rings. The number of hydrogen-bond donors (Lipinski definition) is 0. The second-order valence-electron chi connectivity index (χ2n) is 5.56. The summed E-state index contributed by atoms with van der Waals surface area (Å²) in [7, 11) is 3.29. The summed E-state index contributed by atoms with van der Waals surface area (Å²) in [6.07, 6.45) is 5.39. The van der Waals surface area contributed by atoms with Crippen molar-refractivity contribution in [2.75, 3.05) is 20.8 Å². The Labute approximate surface area is 135 Å². The monoisotopic (exact) mass is 315 g/mol. The molecule has 2 aromatic rings. The van der Waals surface area contributed by atoms with Gasteiger partial charge < -0.3 is 14.4 Å². The first-order valence-electron chi connectivity index (χ1n) is 7.71. The molecule has 0 spiro atoms. The van der Waals surface area contributed by atoms with E-state index in [1.165, 1.54) is 0 Å². The van der Waals surface area contributed by atoms with Gasteiger partial charge in [-0.05, 0) is 37.1 Å². The molecule has 0 N–H and O–H groups in total. The number of ether oxygens (including phenoxy) is 2. The molecule has 1 aromatic carbocycles. The average Bonchev–Trinajstić information content (AvgIpc) is 3.25. The van der Waals surface area contributed by atoms with Gasteiger partial charge in [-0.25, -0.2) is 0 Å². The fraction of sp³-hybridized carbons (Fsp3) is 0.412. The number of carbonyl (C=O) groups excluding carboxylic acids is 1. The van der Waals surface area contributed by atoms with Crippen molar-refractivity contribution in [1.29, 1.82) is 0 Å². The van der Waals surface area contributed by atoms with Crippen LogP contribution in [0.3, 0.4) is 0 Å². The van der Waals surface area contributed by atoms with E-state index in [-0.39, 0.29) is 18.5 Å². The van der Waals surface area contributed by atoms with Crippen LogP contribution in [0, 0.1) is 0 Å². The Morgan fingerprint density at radius 3 is 2.91 bits per heavy atom. The number of carbonyl (C=O) groups is 1. The van der Waals surface area contributed by atoms with Gasteiger partial charge in [0.15, 0.2) is 0 Å². The summed E-state index contributed by atoms with van der Waals surface area (Å²) in [6, 6.07) is 7.56. The first kappa shape index (κ1) is 15.4. The largest absolute Gasteiger partial charge is 0.497 e. The second-order valence-corrected chi connectivity index (χ2v) is 5.56. The Bertz CT molecular complexity index is 670. The van der Waals surface area contributed by atoms with Crippen molar-refractivity contribution in [3.8, 4) is 11.5 Å². The molecule has 1 saturated heterocycles. The number of nitrogens with zero attached hydrogens (tertiary/aromatic N) is 3. The number of benzene rings is 1. The van der Waals surface area contributed by atoms with Crippen LogP contribution >= 0.6 is 0 Å². The zero-order valence-electron chi connectivity index (χ0n) is 13.4. The number of methoxy groups -OCH3 is 2. The first-order valence-corrected chi connectivity index (χ1v) is 7.71. The number of hydrogen-bond acceptors (Lipinski definition) is 4. The maximum absolute atomic E-state index is 12.6. The molecule has 0 aliphatic carbocycles. The molecule has 6 nitrogen and oxygen atoms in total. The van der Waals surface area contributed by atoms with Gasteiger partial charge in [-0.3, -0.25) is 9.48 Å². The van der Waals surface area contributed by atoms with E-state index in [9.17, 15) is 4.79 Å². The maximum atomic E-state index is 12.6. The number of rotatable bonds is 5. The summed E-state index contributed by atoms with van der Waals surface area (Å²) in [5.41, 5.74) is 0.998. The number of likely N-dealkylation sites (tertiary alicyclic amines) is 1. The molecule has 1 aromatic heterocycles. The molecule has 0 unspecified atom stereocenters. The molecular weight excluding hydrogens is 294 g/mol. The van der Waals surface area contributed by atoms with Gasteiger partial charge in [0, 0.05) is 24.5 Å². The molecule has 1 atom stereocenters.